The quantitative estimate of drug-likeness (QED) is 0.839. The van der Waals surface area contributed by atoms with Crippen molar-refractivity contribution in [2.75, 3.05) is 0 Å². The Morgan fingerprint density at radius 2 is 1.43 bits per heavy atom. The van der Waals surface area contributed by atoms with E-state index in [1.54, 1.807) is 11.1 Å². The molecule has 2 aromatic carbocycles. The molecule has 1 aliphatic rings. The standard InChI is InChI=1S/C20H25N/c1-14-7-9-17(10-8-14)15(2)21-16(3)19-12-11-18-5-4-6-20(18)13-19/h7-13,15-16,21H,4-6H2,1-3H3/t15-,16?/m1/s1. The van der Waals surface area contributed by atoms with Crippen molar-refractivity contribution in [3.05, 3.63) is 70.3 Å². The Labute approximate surface area is 128 Å². The third-order valence-electron chi connectivity index (χ3n) is 4.70. The summed E-state index contributed by atoms with van der Waals surface area (Å²) >= 11 is 0. The van der Waals surface area contributed by atoms with Crippen LogP contribution in [0.5, 0.6) is 0 Å². The lowest BCUT2D eigenvalue weighted by molar-refractivity contribution is 0.494. The molecule has 2 atom stereocenters. The highest BCUT2D eigenvalue weighted by atomic mass is 14.9. The predicted molar refractivity (Wildman–Crippen MR) is 89.6 cm³/mol. The van der Waals surface area contributed by atoms with Gasteiger partial charge in [-0.15, -0.1) is 0 Å². The largest absolute Gasteiger partial charge is 0.304 e. The number of rotatable bonds is 4. The topological polar surface area (TPSA) is 12.0 Å². The minimum absolute atomic E-state index is 0.369. The van der Waals surface area contributed by atoms with E-state index in [4.69, 9.17) is 0 Å². The van der Waals surface area contributed by atoms with Gasteiger partial charge >= 0.3 is 0 Å². The van der Waals surface area contributed by atoms with E-state index in [0.717, 1.165) is 0 Å². The summed E-state index contributed by atoms with van der Waals surface area (Å²) in [6.07, 6.45) is 3.83. The van der Waals surface area contributed by atoms with Crippen molar-refractivity contribution in [1.29, 1.82) is 0 Å². The summed E-state index contributed by atoms with van der Waals surface area (Å²) in [6.45, 7) is 6.64. The Balaban J connectivity index is 1.70. The fourth-order valence-electron chi connectivity index (χ4n) is 3.28. The van der Waals surface area contributed by atoms with Crippen LogP contribution in [0.2, 0.25) is 0 Å². The van der Waals surface area contributed by atoms with Gasteiger partial charge in [-0.25, -0.2) is 0 Å². The van der Waals surface area contributed by atoms with Crippen LogP contribution in [0.25, 0.3) is 0 Å². The summed E-state index contributed by atoms with van der Waals surface area (Å²) in [5, 5.41) is 3.72. The predicted octanol–water partition coefficient (Wildman–Crippen LogP) is 4.90. The van der Waals surface area contributed by atoms with Crippen LogP contribution in [-0.4, -0.2) is 0 Å². The summed E-state index contributed by atoms with van der Waals surface area (Å²) in [5.74, 6) is 0. The first-order valence-corrected chi connectivity index (χ1v) is 8.08. The van der Waals surface area contributed by atoms with E-state index < -0.39 is 0 Å². The highest BCUT2D eigenvalue weighted by molar-refractivity contribution is 5.36. The molecule has 0 fully saturated rings. The molecule has 0 amide bonds. The lowest BCUT2D eigenvalue weighted by atomic mass is 10.00. The van der Waals surface area contributed by atoms with Gasteiger partial charge in [0.05, 0.1) is 0 Å². The summed E-state index contributed by atoms with van der Waals surface area (Å²) in [5.41, 5.74) is 7.20. The zero-order valence-electron chi connectivity index (χ0n) is 13.3. The molecule has 21 heavy (non-hydrogen) atoms. The van der Waals surface area contributed by atoms with Gasteiger partial charge in [0, 0.05) is 12.1 Å². The summed E-state index contributed by atoms with van der Waals surface area (Å²) in [6, 6.07) is 16.6. The molecule has 0 aromatic heterocycles. The van der Waals surface area contributed by atoms with Crippen molar-refractivity contribution in [2.45, 2.75) is 52.1 Å². The lowest BCUT2D eigenvalue weighted by Gasteiger charge is -2.21. The fourth-order valence-corrected chi connectivity index (χ4v) is 3.28. The van der Waals surface area contributed by atoms with Crippen molar-refractivity contribution in [3.63, 3.8) is 0 Å². The van der Waals surface area contributed by atoms with Gasteiger partial charge in [-0.05, 0) is 62.3 Å². The summed E-state index contributed by atoms with van der Waals surface area (Å²) in [4.78, 5) is 0. The van der Waals surface area contributed by atoms with Crippen molar-refractivity contribution in [3.8, 4) is 0 Å². The number of aryl methyl sites for hydroxylation is 3. The van der Waals surface area contributed by atoms with Crippen LogP contribution in [0.3, 0.4) is 0 Å². The molecular formula is C20H25N. The molecule has 1 heteroatoms. The van der Waals surface area contributed by atoms with Gasteiger partial charge in [-0.1, -0.05) is 48.0 Å². The van der Waals surface area contributed by atoms with Crippen molar-refractivity contribution in [1.82, 2.24) is 5.32 Å². The lowest BCUT2D eigenvalue weighted by Crippen LogP contribution is -2.22. The molecule has 0 saturated heterocycles. The van der Waals surface area contributed by atoms with Crippen LogP contribution in [0, 0.1) is 6.92 Å². The molecular weight excluding hydrogens is 254 g/mol. The average Bonchev–Trinajstić information content (AvgIpc) is 2.95. The molecule has 110 valence electrons. The van der Waals surface area contributed by atoms with Crippen LogP contribution in [0.4, 0.5) is 0 Å². The van der Waals surface area contributed by atoms with Crippen LogP contribution < -0.4 is 5.32 Å². The summed E-state index contributed by atoms with van der Waals surface area (Å²) in [7, 11) is 0. The van der Waals surface area contributed by atoms with Crippen molar-refractivity contribution < 1.29 is 0 Å². The molecule has 0 spiro atoms. The van der Waals surface area contributed by atoms with Gasteiger partial charge in [0.2, 0.25) is 0 Å². The van der Waals surface area contributed by atoms with Crippen molar-refractivity contribution >= 4 is 0 Å². The SMILES string of the molecule is Cc1ccc([C@@H](C)NC(C)c2ccc3c(c2)CCC3)cc1. The van der Waals surface area contributed by atoms with Crippen LogP contribution in [-0.2, 0) is 12.8 Å². The molecule has 0 aliphatic heterocycles. The molecule has 1 unspecified atom stereocenters. The minimum Gasteiger partial charge on any atom is -0.304 e. The number of benzene rings is 2. The van der Waals surface area contributed by atoms with E-state index in [1.165, 1.54) is 36.0 Å². The molecule has 0 heterocycles. The monoisotopic (exact) mass is 279 g/mol. The minimum atomic E-state index is 0.369. The molecule has 2 aromatic rings. The zero-order valence-corrected chi connectivity index (χ0v) is 13.3. The van der Waals surface area contributed by atoms with Crippen LogP contribution >= 0.6 is 0 Å². The first kappa shape index (κ1) is 14.3. The van der Waals surface area contributed by atoms with E-state index in [2.05, 4.69) is 68.6 Å². The van der Waals surface area contributed by atoms with E-state index in [-0.39, 0.29) is 0 Å². The van der Waals surface area contributed by atoms with E-state index in [0.29, 0.717) is 12.1 Å². The smallest absolute Gasteiger partial charge is 0.0297 e. The fraction of sp³-hybridized carbons (Fsp3) is 0.400. The third-order valence-corrected chi connectivity index (χ3v) is 4.70. The van der Waals surface area contributed by atoms with Gasteiger partial charge in [0.1, 0.15) is 0 Å². The Morgan fingerprint density at radius 1 is 0.810 bits per heavy atom. The second-order valence-electron chi connectivity index (χ2n) is 6.40. The van der Waals surface area contributed by atoms with Gasteiger partial charge in [0.15, 0.2) is 0 Å². The molecule has 3 rings (SSSR count). The number of nitrogens with one attached hydrogen (secondary N) is 1. The van der Waals surface area contributed by atoms with E-state index in [9.17, 15) is 0 Å². The maximum absolute atomic E-state index is 3.72. The Kier molecular flexibility index (Phi) is 4.12. The van der Waals surface area contributed by atoms with Crippen LogP contribution in [0.1, 0.15) is 60.2 Å². The van der Waals surface area contributed by atoms with Crippen molar-refractivity contribution in [2.24, 2.45) is 0 Å². The molecule has 0 bridgehead atoms. The Bertz CT molecular complexity index is 612. The van der Waals surface area contributed by atoms with Gasteiger partial charge in [0.25, 0.3) is 0 Å². The molecule has 1 nitrogen and oxygen atoms in total. The number of fused-ring (bicyclic) bond motifs is 1. The Morgan fingerprint density at radius 3 is 2.19 bits per heavy atom. The normalized spacial score (nSPS) is 16.5. The third kappa shape index (κ3) is 3.19. The highest BCUT2D eigenvalue weighted by Crippen LogP contribution is 2.26. The Hall–Kier alpha value is -1.60. The zero-order chi connectivity index (χ0) is 14.8. The first-order valence-electron chi connectivity index (χ1n) is 8.08. The maximum Gasteiger partial charge on any atom is 0.0297 e. The highest BCUT2D eigenvalue weighted by Gasteiger charge is 2.15. The number of hydrogen-bond donors (Lipinski definition) is 1. The van der Waals surface area contributed by atoms with Gasteiger partial charge in [-0.2, -0.15) is 0 Å². The molecule has 0 saturated carbocycles. The van der Waals surface area contributed by atoms with Crippen LogP contribution in [0.15, 0.2) is 42.5 Å². The van der Waals surface area contributed by atoms with E-state index in [1.807, 2.05) is 0 Å². The van der Waals surface area contributed by atoms with Gasteiger partial charge < -0.3 is 5.32 Å². The molecule has 0 radical (unpaired) electrons. The average molecular weight is 279 g/mol. The number of hydrogen-bond acceptors (Lipinski definition) is 1. The summed E-state index contributed by atoms with van der Waals surface area (Å²) < 4.78 is 0. The van der Waals surface area contributed by atoms with E-state index >= 15 is 0 Å². The first-order chi connectivity index (χ1) is 10.1. The second-order valence-corrected chi connectivity index (χ2v) is 6.40. The molecule has 1 aliphatic carbocycles. The van der Waals surface area contributed by atoms with Gasteiger partial charge in [-0.3, -0.25) is 0 Å². The second kappa shape index (κ2) is 6.03. The maximum atomic E-state index is 3.72. The molecule has 1 N–H and O–H groups in total.